The topological polar surface area (TPSA) is 175 Å². The molecule has 0 aliphatic heterocycles. The van der Waals surface area contributed by atoms with E-state index in [9.17, 15) is 13.2 Å². The van der Waals surface area contributed by atoms with E-state index < -0.39 is 15.9 Å². The number of nitrogens with two attached hydrogens (primary N) is 1. The van der Waals surface area contributed by atoms with Gasteiger partial charge in [-0.1, -0.05) is 11.2 Å². The van der Waals surface area contributed by atoms with Gasteiger partial charge in [-0.2, -0.15) is 10.1 Å². The summed E-state index contributed by atoms with van der Waals surface area (Å²) in [7, 11) is -1.95. The van der Waals surface area contributed by atoms with Crippen LogP contribution in [0.2, 0.25) is 0 Å². The quantitative estimate of drug-likeness (QED) is 0.464. The van der Waals surface area contributed by atoms with Crippen LogP contribution in [0.1, 0.15) is 16.4 Å². The number of aromatic nitrogens is 4. The average molecular weight is 419 g/mol. The number of amides is 1. The number of ether oxygens (including phenoxy) is 1. The molecule has 0 spiro atoms. The lowest BCUT2D eigenvalue weighted by Crippen LogP contribution is -2.21. The van der Waals surface area contributed by atoms with Crippen LogP contribution in [0.15, 0.2) is 35.0 Å². The smallest absolute Gasteiger partial charge is 0.271 e. The van der Waals surface area contributed by atoms with Crippen LogP contribution < -0.4 is 20.5 Å². The Hall–Kier alpha value is -3.58. The number of nitrogens with one attached hydrogen (secondary N) is 2. The van der Waals surface area contributed by atoms with Crippen molar-refractivity contribution in [3.63, 3.8) is 0 Å². The fourth-order valence-electron chi connectivity index (χ4n) is 2.42. The first-order valence-corrected chi connectivity index (χ1v) is 10.0. The predicted octanol–water partition coefficient (Wildman–Crippen LogP) is 0.427. The van der Waals surface area contributed by atoms with Gasteiger partial charge in [0.15, 0.2) is 11.4 Å². The highest BCUT2D eigenvalue weighted by Crippen LogP contribution is 2.36. The number of methoxy groups -OCH3 is 1. The molecule has 0 saturated carbocycles. The van der Waals surface area contributed by atoms with Gasteiger partial charge in [-0.25, -0.2) is 13.1 Å². The SMILES string of the molecule is COc1c(Nc2ccnnc2C(N)=O)cccc1-c1noc(CNS(C)(=O)=O)n1. The van der Waals surface area contributed by atoms with Gasteiger partial charge in [-0.05, 0) is 18.2 Å². The fraction of sp³-hybridized carbons (Fsp3) is 0.188. The Balaban J connectivity index is 1.93. The third-order valence-corrected chi connectivity index (χ3v) is 4.31. The molecule has 12 nitrogen and oxygen atoms in total. The number of carbonyl (C=O) groups excluding carboxylic acids is 1. The standard InChI is InChI=1S/C16H17N7O5S/c1-27-14-9(16-21-12(28-23-16)8-19-29(2,25)26)4-3-5-11(14)20-10-6-7-18-22-13(10)15(17)24/h3-7,19H,8H2,1-2H3,(H2,17,24)(H,18,20). The molecule has 2 heterocycles. The number of rotatable bonds is 8. The zero-order valence-corrected chi connectivity index (χ0v) is 16.2. The van der Waals surface area contributed by atoms with E-state index >= 15 is 0 Å². The summed E-state index contributed by atoms with van der Waals surface area (Å²) < 4.78 is 35.2. The molecule has 0 fully saturated rings. The van der Waals surface area contributed by atoms with E-state index in [1.807, 2.05) is 0 Å². The Kier molecular flexibility index (Phi) is 5.70. The van der Waals surface area contributed by atoms with E-state index in [4.69, 9.17) is 15.0 Å². The molecule has 0 bridgehead atoms. The van der Waals surface area contributed by atoms with E-state index in [1.54, 1.807) is 24.3 Å². The first-order valence-electron chi connectivity index (χ1n) is 8.11. The Morgan fingerprint density at radius 2 is 2.07 bits per heavy atom. The summed E-state index contributed by atoms with van der Waals surface area (Å²) in [5.74, 6) is -0.0981. The Morgan fingerprint density at radius 1 is 1.28 bits per heavy atom. The van der Waals surface area contributed by atoms with Crippen molar-refractivity contribution >= 4 is 27.3 Å². The van der Waals surface area contributed by atoms with Gasteiger partial charge in [0.25, 0.3) is 5.91 Å². The molecule has 1 aromatic carbocycles. The number of anilines is 2. The van der Waals surface area contributed by atoms with Crippen molar-refractivity contribution in [2.45, 2.75) is 6.54 Å². The number of hydrogen-bond donors (Lipinski definition) is 3. The highest BCUT2D eigenvalue weighted by molar-refractivity contribution is 7.88. The van der Waals surface area contributed by atoms with E-state index in [-0.39, 0.29) is 24.0 Å². The summed E-state index contributed by atoms with van der Waals surface area (Å²) >= 11 is 0. The van der Waals surface area contributed by atoms with Crippen LogP contribution in [0, 0.1) is 0 Å². The van der Waals surface area contributed by atoms with Gasteiger partial charge in [0, 0.05) is 0 Å². The van der Waals surface area contributed by atoms with Crippen LogP contribution in [-0.2, 0) is 16.6 Å². The number of benzene rings is 1. The second kappa shape index (κ2) is 8.20. The average Bonchev–Trinajstić information content (AvgIpc) is 3.15. The number of carbonyl (C=O) groups is 1. The molecule has 3 rings (SSSR count). The number of nitrogens with zero attached hydrogens (tertiary/aromatic N) is 4. The molecule has 1 amide bonds. The highest BCUT2D eigenvalue weighted by atomic mass is 32.2. The molecule has 0 aliphatic carbocycles. The van der Waals surface area contributed by atoms with E-state index in [1.165, 1.54) is 13.3 Å². The summed E-state index contributed by atoms with van der Waals surface area (Å²) in [6, 6.07) is 6.66. The number of hydrogen-bond acceptors (Lipinski definition) is 10. The van der Waals surface area contributed by atoms with Gasteiger partial charge in [0.1, 0.15) is 0 Å². The first-order chi connectivity index (χ1) is 13.8. The van der Waals surface area contributed by atoms with Crippen LogP contribution in [0.25, 0.3) is 11.4 Å². The normalized spacial score (nSPS) is 11.2. The number of primary amides is 1. The maximum atomic E-state index is 11.6. The molecule has 0 saturated heterocycles. The minimum Gasteiger partial charge on any atom is -0.494 e. The summed E-state index contributed by atoms with van der Waals surface area (Å²) in [4.78, 5) is 15.7. The van der Waals surface area contributed by atoms with E-state index in [0.29, 0.717) is 22.7 Å². The molecule has 3 aromatic rings. The van der Waals surface area contributed by atoms with Gasteiger partial charge in [-0.15, -0.1) is 5.10 Å². The molecule has 29 heavy (non-hydrogen) atoms. The van der Waals surface area contributed by atoms with Crippen molar-refractivity contribution in [1.82, 2.24) is 25.1 Å². The first kappa shape index (κ1) is 20.2. The lowest BCUT2D eigenvalue weighted by atomic mass is 10.1. The fourth-order valence-corrected chi connectivity index (χ4v) is 2.81. The largest absolute Gasteiger partial charge is 0.494 e. The second-order valence-corrected chi connectivity index (χ2v) is 7.61. The Bertz CT molecular complexity index is 1150. The van der Waals surface area contributed by atoms with Gasteiger partial charge in [0.05, 0.1) is 43.0 Å². The van der Waals surface area contributed by atoms with Crippen LogP contribution >= 0.6 is 0 Å². The summed E-state index contributed by atoms with van der Waals surface area (Å²) in [5.41, 5.74) is 6.60. The molecule has 0 unspecified atom stereocenters. The van der Waals surface area contributed by atoms with Crippen LogP contribution in [0.3, 0.4) is 0 Å². The third kappa shape index (κ3) is 4.83. The van der Waals surface area contributed by atoms with Crippen molar-refractivity contribution in [2.24, 2.45) is 5.73 Å². The van der Waals surface area contributed by atoms with Crippen LogP contribution in [-0.4, -0.2) is 48.0 Å². The molecule has 0 aliphatic rings. The lowest BCUT2D eigenvalue weighted by Gasteiger charge is -2.14. The minimum atomic E-state index is -3.40. The van der Waals surface area contributed by atoms with Crippen LogP contribution in [0.5, 0.6) is 5.75 Å². The Labute approximate surface area is 165 Å². The highest BCUT2D eigenvalue weighted by Gasteiger charge is 2.18. The van der Waals surface area contributed by atoms with Crippen molar-refractivity contribution < 1.29 is 22.5 Å². The van der Waals surface area contributed by atoms with Gasteiger partial charge < -0.3 is 20.3 Å². The maximum absolute atomic E-state index is 11.6. The predicted molar refractivity (Wildman–Crippen MR) is 102 cm³/mol. The zero-order chi connectivity index (χ0) is 21.0. The molecule has 152 valence electrons. The van der Waals surface area contributed by atoms with Crippen LogP contribution in [0.4, 0.5) is 11.4 Å². The summed E-state index contributed by atoms with van der Waals surface area (Å²) in [5, 5.41) is 14.3. The van der Waals surface area contributed by atoms with Crippen molar-refractivity contribution in [3.8, 4) is 17.1 Å². The summed E-state index contributed by atoms with van der Waals surface area (Å²) in [6.45, 7) is -0.142. The lowest BCUT2D eigenvalue weighted by molar-refractivity contribution is 0.0995. The van der Waals surface area contributed by atoms with E-state index in [0.717, 1.165) is 6.26 Å². The van der Waals surface area contributed by atoms with Crippen molar-refractivity contribution in [1.29, 1.82) is 0 Å². The van der Waals surface area contributed by atoms with Gasteiger partial charge in [0.2, 0.25) is 21.7 Å². The van der Waals surface area contributed by atoms with E-state index in [2.05, 4.69) is 30.4 Å². The molecule has 2 aromatic heterocycles. The molecule has 4 N–H and O–H groups in total. The minimum absolute atomic E-state index is 0.0337. The summed E-state index contributed by atoms with van der Waals surface area (Å²) in [6.07, 6.45) is 2.43. The number of para-hydroxylation sites is 1. The monoisotopic (exact) mass is 419 g/mol. The zero-order valence-electron chi connectivity index (χ0n) is 15.4. The van der Waals surface area contributed by atoms with Crippen molar-refractivity contribution in [2.75, 3.05) is 18.7 Å². The maximum Gasteiger partial charge on any atom is 0.271 e. The molecule has 13 heteroatoms. The Morgan fingerprint density at radius 3 is 2.76 bits per heavy atom. The molecular formula is C16H17N7O5S. The van der Waals surface area contributed by atoms with Gasteiger partial charge in [-0.3, -0.25) is 4.79 Å². The van der Waals surface area contributed by atoms with Gasteiger partial charge >= 0.3 is 0 Å². The molecule has 0 atom stereocenters. The van der Waals surface area contributed by atoms with Crippen molar-refractivity contribution in [3.05, 3.63) is 42.0 Å². The molecular weight excluding hydrogens is 402 g/mol. The molecule has 0 radical (unpaired) electrons. The third-order valence-electron chi connectivity index (χ3n) is 3.64. The number of sulfonamides is 1. The second-order valence-electron chi connectivity index (χ2n) is 5.77.